The molecule has 1 aromatic carbocycles. The standard InChI is InChI=1S/C27H30FN5O7/c1-26(24(35)38-13-16-3-4-16)14-39-27(22(29)34,40-15-26)23-32-20(17-5-7-18(28)8-6-17)21(33-23)19-9-10-30-25(31-19)37-12-11-36-2/h5-10,16H,3-4,11-15H2,1-2H3,(H2,29,34)(H,32,33). The molecule has 12 nitrogen and oxygen atoms in total. The first-order valence-electron chi connectivity index (χ1n) is 12.8. The number of amides is 1. The number of carbonyl (C=O) groups is 2. The van der Waals surface area contributed by atoms with Crippen LogP contribution in [-0.4, -0.2) is 72.0 Å². The summed E-state index contributed by atoms with van der Waals surface area (Å²) in [5.41, 5.74) is 6.19. The fourth-order valence-corrected chi connectivity index (χ4v) is 4.07. The minimum absolute atomic E-state index is 0.0665. The number of nitrogens with two attached hydrogens (primary N) is 1. The van der Waals surface area contributed by atoms with Crippen molar-refractivity contribution in [1.82, 2.24) is 19.9 Å². The van der Waals surface area contributed by atoms with E-state index in [-0.39, 0.29) is 31.7 Å². The van der Waals surface area contributed by atoms with Crippen molar-refractivity contribution in [3.63, 3.8) is 0 Å². The number of methoxy groups -OCH3 is 1. The monoisotopic (exact) mass is 555 g/mol. The van der Waals surface area contributed by atoms with Gasteiger partial charge in [0.2, 0.25) is 0 Å². The fourth-order valence-electron chi connectivity index (χ4n) is 4.07. The van der Waals surface area contributed by atoms with Gasteiger partial charge in [-0.1, -0.05) is 0 Å². The SMILES string of the molecule is COCCOc1nccc(-c2[nH]c(C3(C(N)=O)OCC(C)(C(=O)OCC4CC4)CO3)nc2-c2ccc(F)cc2)n1. The molecule has 0 radical (unpaired) electrons. The Kier molecular flexibility index (Phi) is 7.79. The molecule has 3 N–H and O–H groups in total. The summed E-state index contributed by atoms with van der Waals surface area (Å²) in [6.07, 6.45) is 3.56. The molecule has 1 saturated heterocycles. The van der Waals surface area contributed by atoms with Crippen molar-refractivity contribution in [2.75, 3.05) is 40.1 Å². The Labute approximate surface area is 229 Å². The molecule has 2 aliphatic rings. The molecule has 2 fully saturated rings. The molecule has 1 amide bonds. The van der Waals surface area contributed by atoms with Crippen LogP contribution in [0.5, 0.6) is 6.01 Å². The van der Waals surface area contributed by atoms with Crippen LogP contribution in [0.3, 0.4) is 0 Å². The first kappa shape index (κ1) is 27.6. The van der Waals surface area contributed by atoms with Crippen molar-refractivity contribution in [2.45, 2.75) is 25.6 Å². The van der Waals surface area contributed by atoms with Crippen molar-refractivity contribution in [2.24, 2.45) is 17.1 Å². The summed E-state index contributed by atoms with van der Waals surface area (Å²) in [6.45, 7) is 2.14. The maximum Gasteiger partial charge on any atom is 0.317 e. The van der Waals surface area contributed by atoms with Gasteiger partial charge in [-0.15, -0.1) is 0 Å². The largest absolute Gasteiger partial charge is 0.465 e. The summed E-state index contributed by atoms with van der Waals surface area (Å²) < 4.78 is 41.5. The van der Waals surface area contributed by atoms with Crippen molar-refractivity contribution in [3.05, 3.63) is 48.2 Å². The van der Waals surface area contributed by atoms with Gasteiger partial charge in [-0.2, -0.15) is 4.98 Å². The number of aromatic amines is 1. The third-order valence-electron chi connectivity index (χ3n) is 6.69. The Bertz CT molecular complexity index is 1370. The molecule has 13 heteroatoms. The lowest BCUT2D eigenvalue weighted by atomic mass is 9.91. The van der Waals surface area contributed by atoms with Gasteiger partial charge in [0, 0.05) is 18.9 Å². The number of hydrogen-bond acceptors (Lipinski definition) is 10. The number of hydrogen-bond donors (Lipinski definition) is 2. The molecule has 0 unspecified atom stereocenters. The first-order valence-corrected chi connectivity index (χ1v) is 12.8. The summed E-state index contributed by atoms with van der Waals surface area (Å²) in [6, 6.07) is 7.32. The molecule has 0 bridgehead atoms. The molecule has 2 aromatic heterocycles. The number of imidazole rings is 1. The van der Waals surface area contributed by atoms with Crippen LogP contribution in [0.25, 0.3) is 22.6 Å². The van der Waals surface area contributed by atoms with Crippen LogP contribution in [0.2, 0.25) is 0 Å². The van der Waals surface area contributed by atoms with E-state index in [0.717, 1.165) is 12.8 Å². The summed E-state index contributed by atoms with van der Waals surface area (Å²) in [5, 5.41) is 0. The van der Waals surface area contributed by atoms with Crippen LogP contribution in [0.1, 0.15) is 25.6 Å². The fraction of sp³-hybridized carbons (Fsp3) is 0.444. The molecule has 1 saturated carbocycles. The van der Waals surface area contributed by atoms with Gasteiger partial charge in [0.25, 0.3) is 5.91 Å². The smallest absolute Gasteiger partial charge is 0.317 e. The van der Waals surface area contributed by atoms with Crippen LogP contribution in [-0.2, 0) is 34.3 Å². The molecule has 212 valence electrons. The Morgan fingerprint density at radius 1 is 1.12 bits per heavy atom. The van der Waals surface area contributed by atoms with Crippen LogP contribution in [0.4, 0.5) is 4.39 Å². The molecular formula is C27H30FN5O7. The first-order chi connectivity index (χ1) is 19.2. The molecule has 0 atom stereocenters. The normalized spacial score (nSPS) is 22.6. The molecule has 3 aromatic rings. The van der Waals surface area contributed by atoms with Crippen molar-refractivity contribution in [1.29, 1.82) is 0 Å². The lowest BCUT2D eigenvalue weighted by Gasteiger charge is -2.40. The van der Waals surface area contributed by atoms with Gasteiger partial charge in [0.1, 0.15) is 17.8 Å². The number of H-pyrrole nitrogens is 1. The summed E-state index contributed by atoms with van der Waals surface area (Å²) in [4.78, 5) is 41.8. The van der Waals surface area contributed by atoms with E-state index in [4.69, 9.17) is 29.4 Å². The zero-order valence-corrected chi connectivity index (χ0v) is 22.1. The van der Waals surface area contributed by atoms with Gasteiger partial charge in [0.05, 0.1) is 43.5 Å². The van der Waals surface area contributed by atoms with Crippen molar-refractivity contribution >= 4 is 11.9 Å². The van der Waals surface area contributed by atoms with E-state index in [2.05, 4.69) is 19.9 Å². The number of esters is 1. The third-order valence-corrected chi connectivity index (χ3v) is 6.69. The highest BCUT2D eigenvalue weighted by atomic mass is 19.1. The van der Waals surface area contributed by atoms with E-state index in [1.54, 1.807) is 20.1 Å². The van der Waals surface area contributed by atoms with Gasteiger partial charge in [0.15, 0.2) is 5.82 Å². The number of primary amides is 1. The summed E-state index contributed by atoms with van der Waals surface area (Å²) in [7, 11) is 1.55. The van der Waals surface area contributed by atoms with Crippen LogP contribution < -0.4 is 10.5 Å². The van der Waals surface area contributed by atoms with E-state index >= 15 is 0 Å². The molecule has 5 rings (SSSR count). The summed E-state index contributed by atoms with van der Waals surface area (Å²) >= 11 is 0. The number of nitrogens with zero attached hydrogens (tertiary/aromatic N) is 3. The molecule has 1 aliphatic carbocycles. The van der Waals surface area contributed by atoms with Gasteiger partial charge in [-0.05, 0) is 56.0 Å². The quantitative estimate of drug-likeness (QED) is 0.265. The van der Waals surface area contributed by atoms with Gasteiger partial charge < -0.3 is 34.4 Å². The lowest BCUT2D eigenvalue weighted by Crippen LogP contribution is -2.56. The van der Waals surface area contributed by atoms with Gasteiger partial charge in [-0.3, -0.25) is 9.59 Å². The number of halogens is 1. The highest BCUT2D eigenvalue weighted by molar-refractivity contribution is 5.85. The topological polar surface area (TPSA) is 161 Å². The number of nitrogens with one attached hydrogen (secondary N) is 1. The second-order valence-corrected chi connectivity index (χ2v) is 10.0. The average molecular weight is 556 g/mol. The second-order valence-electron chi connectivity index (χ2n) is 10.0. The van der Waals surface area contributed by atoms with Crippen LogP contribution in [0, 0.1) is 17.2 Å². The zero-order chi connectivity index (χ0) is 28.3. The lowest BCUT2D eigenvalue weighted by molar-refractivity contribution is -0.293. The third kappa shape index (κ3) is 5.67. The van der Waals surface area contributed by atoms with Gasteiger partial charge in [-0.25, -0.2) is 14.4 Å². The Morgan fingerprint density at radius 3 is 2.50 bits per heavy atom. The number of rotatable bonds is 11. The van der Waals surface area contributed by atoms with E-state index in [1.165, 1.54) is 30.5 Å². The van der Waals surface area contributed by atoms with Crippen LogP contribution >= 0.6 is 0 Å². The van der Waals surface area contributed by atoms with Crippen molar-refractivity contribution in [3.8, 4) is 28.7 Å². The average Bonchev–Trinajstić information content (AvgIpc) is 3.68. The predicted octanol–water partition coefficient (Wildman–Crippen LogP) is 2.34. The number of aromatic nitrogens is 4. The minimum Gasteiger partial charge on any atom is -0.465 e. The second kappa shape index (κ2) is 11.3. The Morgan fingerprint density at radius 2 is 1.85 bits per heavy atom. The van der Waals surface area contributed by atoms with E-state index in [0.29, 0.717) is 41.8 Å². The van der Waals surface area contributed by atoms with Crippen LogP contribution in [0.15, 0.2) is 36.5 Å². The molecule has 3 heterocycles. The highest BCUT2D eigenvalue weighted by Crippen LogP contribution is 2.40. The Balaban J connectivity index is 1.49. The zero-order valence-electron chi connectivity index (χ0n) is 22.1. The highest BCUT2D eigenvalue weighted by Gasteiger charge is 2.54. The van der Waals surface area contributed by atoms with Gasteiger partial charge >= 0.3 is 17.8 Å². The van der Waals surface area contributed by atoms with E-state index in [9.17, 15) is 14.0 Å². The molecular weight excluding hydrogens is 525 g/mol. The molecule has 0 spiro atoms. The van der Waals surface area contributed by atoms with Crippen molar-refractivity contribution < 1.29 is 37.7 Å². The Hall–Kier alpha value is -3.94. The predicted molar refractivity (Wildman–Crippen MR) is 137 cm³/mol. The van der Waals surface area contributed by atoms with E-state index < -0.39 is 28.9 Å². The summed E-state index contributed by atoms with van der Waals surface area (Å²) in [5.74, 6) is -3.69. The molecule has 40 heavy (non-hydrogen) atoms. The number of benzene rings is 1. The van der Waals surface area contributed by atoms with E-state index in [1.807, 2.05) is 0 Å². The maximum absolute atomic E-state index is 13.7. The number of carbonyl (C=O) groups excluding carboxylic acids is 2. The molecule has 1 aliphatic heterocycles. The number of ether oxygens (including phenoxy) is 5. The minimum atomic E-state index is -2.13. The maximum atomic E-state index is 13.7.